The van der Waals surface area contributed by atoms with Gasteiger partial charge in [0, 0.05) is 30.5 Å². The number of dihydropyridines is 1. The fourth-order valence-electron chi connectivity index (χ4n) is 3.52. The minimum absolute atomic E-state index is 0.140. The topological polar surface area (TPSA) is 90.3 Å². The molecule has 0 bridgehead atoms. The predicted molar refractivity (Wildman–Crippen MR) is 115 cm³/mol. The molecule has 0 aliphatic carbocycles. The van der Waals surface area contributed by atoms with E-state index in [1.165, 1.54) is 0 Å². The van der Waals surface area contributed by atoms with Gasteiger partial charge in [0.05, 0.1) is 18.9 Å². The summed E-state index contributed by atoms with van der Waals surface area (Å²) in [6, 6.07) is 5.57. The number of halogens is 3. The molecular formula is C21H23F3N6O2. The van der Waals surface area contributed by atoms with Crippen molar-refractivity contribution in [3.63, 3.8) is 0 Å². The number of alkyl halides is 3. The molecule has 170 valence electrons. The van der Waals surface area contributed by atoms with Crippen molar-refractivity contribution in [2.24, 2.45) is 9.98 Å². The lowest BCUT2D eigenvalue weighted by Gasteiger charge is -2.36. The molecule has 0 saturated carbocycles. The van der Waals surface area contributed by atoms with E-state index in [2.05, 4.69) is 15.5 Å². The molecule has 8 nitrogen and oxygen atoms in total. The van der Waals surface area contributed by atoms with Crippen LogP contribution in [0.2, 0.25) is 0 Å². The zero-order valence-electron chi connectivity index (χ0n) is 17.4. The zero-order chi connectivity index (χ0) is 22.7. The second-order valence-electron chi connectivity index (χ2n) is 7.56. The van der Waals surface area contributed by atoms with Gasteiger partial charge in [0.25, 0.3) is 0 Å². The first-order valence-corrected chi connectivity index (χ1v) is 10.1. The Labute approximate surface area is 182 Å². The summed E-state index contributed by atoms with van der Waals surface area (Å²) in [4.78, 5) is 23.4. The molecule has 0 spiro atoms. The highest BCUT2D eigenvalue weighted by Gasteiger charge is 2.32. The van der Waals surface area contributed by atoms with Crippen LogP contribution in [-0.2, 0) is 4.74 Å². The molecule has 0 aromatic heterocycles. The third-order valence-electron chi connectivity index (χ3n) is 5.05. The van der Waals surface area contributed by atoms with Crippen LogP contribution in [0.25, 0.3) is 0 Å². The number of ether oxygens (including phenoxy) is 1. The van der Waals surface area contributed by atoms with Gasteiger partial charge >= 0.3 is 12.2 Å². The van der Waals surface area contributed by atoms with Crippen molar-refractivity contribution < 1.29 is 22.7 Å². The predicted octanol–water partition coefficient (Wildman–Crippen LogP) is 2.62. The van der Waals surface area contributed by atoms with E-state index in [0.29, 0.717) is 24.7 Å². The number of hydrogen-bond acceptors (Lipinski definition) is 6. The third kappa shape index (κ3) is 5.28. The molecule has 1 atom stereocenters. The Morgan fingerprint density at radius 1 is 1.22 bits per heavy atom. The van der Waals surface area contributed by atoms with Gasteiger partial charge in [-0.1, -0.05) is 0 Å². The van der Waals surface area contributed by atoms with Gasteiger partial charge in [0.15, 0.2) is 5.84 Å². The normalized spacial score (nSPS) is 20.8. The molecule has 1 aromatic rings. The number of benzene rings is 1. The largest absolute Gasteiger partial charge is 0.405 e. The Morgan fingerprint density at radius 3 is 2.62 bits per heavy atom. The number of aliphatic imine (C=N–C) groups is 2. The highest BCUT2D eigenvalue weighted by molar-refractivity contribution is 6.11. The monoisotopic (exact) mass is 448 g/mol. The maximum atomic E-state index is 12.2. The third-order valence-corrected chi connectivity index (χ3v) is 5.05. The van der Waals surface area contributed by atoms with E-state index in [4.69, 9.17) is 14.7 Å². The molecule has 3 N–H and O–H groups in total. The average molecular weight is 448 g/mol. The van der Waals surface area contributed by atoms with Crippen LogP contribution in [0.15, 0.2) is 57.8 Å². The Bertz CT molecular complexity index is 992. The number of allylic oxidation sites excluding steroid dienone is 2. The molecule has 4 rings (SSSR count). The summed E-state index contributed by atoms with van der Waals surface area (Å²) in [5.74, 6) is 1.39. The summed E-state index contributed by atoms with van der Waals surface area (Å²) in [5.41, 5.74) is 2.98. The molecule has 2 amide bonds. The number of rotatable bonds is 3. The fourth-order valence-corrected chi connectivity index (χ4v) is 3.52. The summed E-state index contributed by atoms with van der Waals surface area (Å²) < 4.78 is 42.2. The molecule has 1 fully saturated rings. The summed E-state index contributed by atoms with van der Waals surface area (Å²) in [6.45, 7) is 3.30. The van der Waals surface area contributed by atoms with Crippen LogP contribution in [0.4, 0.5) is 23.7 Å². The highest BCUT2D eigenvalue weighted by Crippen LogP contribution is 2.24. The minimum Gasteiger partial charge on any atom is -0.378 e. The number of nitrogens with one attached hydrogen (secondary N) is 3. The van der Waals surface area contributed by atoms with E-state index in [-0.39, 0.29) is 6.04 Å². The number of anilines is 1. The van der Waals surface area contributed by atoms with E-state index in [1.807, 2.05) is 19.2 Å². The molecule has 3 aliphatic heterocycles. The lowest BCUT2D eigenvalue weighted by atomic mass is 10.0. The van der Waals surface area contributed by atoms with Crippen molar-refractivity contribution in [3.05, 3.63) is 53.4 Å². The standard InChI is InChI=1S/C21H23F3N6O2/c1-13-10-16-17(25-11-13)19(30-6-8-32-9-7-30)29-18(28-16)14-2-4-15(5-3-14)27-20(31)26-12-21(22,23)24/h2-5,10-11,17,25H,6-9,12H2,1H3,(H2,26,27,31). The molecule has 3 heterocycles. The molecular weight excluding hydrogens is 425 g/mol. The second-order valence-corrected chi connectivity index (χ2v) is 7.56. The Kier molecular flexibility index (Phi) is 6.17. The molecule has 0 radical (unpaired) electrons. The van der Waals surface area contributed by atoms with Gasteiger partial charge in [-0.05, 0) is 42.8 Å². The van der Waals surface area contributed by atoms with Crippen LogP contribution >= 0.6 is 0 Å². The maximum absolute atomic E-state index is 12.2. The molecule has 1 saturated heterocycles. The number of hydrogen-bond donors (Lipinski definition) is 3. The van der Waals surface area contributed by atoms with Gasteiger partial charge in [-0.15, -0.1) is 0 Å². The van der Waals surface area contributed by atoms with Gasteiger partial charge in [-0.3, -0.25) is 0 Å². The fraction of sp³-hybridized carbons (Fsp3) is 0.381. The molecule has 1 unspecified atom stereocenters. The van der Waals surface area contributed by atoms with Gasteiger partial charge < -0.3 is 25.6 Å². The van der Waals surface area contributed by atoms with Crippen LogP contribution < -0.4 is 16.0 Å². The second kappa shape index (κ2) is 9.03. The number of urea groups is 1. The number of morpholine rings is 1. The average Bonchev–Trinajstić information content (AvgIpc) is 2.77. The first kappa shape index (κ1) is 21.9. The Hall–Kier alpha value is -3.34. The molecule has 11 heteroatoms. The number of nitrogens with zero attached hydrogens (tertiary/aromatic N) is 3. The Balaban J connectivity index is 1.53. The minimum atomic E-state index is -4.47. The van der Waals surface area contributed by atoms with Crippen LogP contribution in [-0.4, -0.2) is 67.7 Å². The van der Waals surface area contributed by atoms with Crippen molar-refractivity contribution in [2.45, 2.75) is 19.1 Å². The quantitative estimate of drug-likeness (QED) is 0.663. The van der Waals surface area contributed by atoms with Crippen molar-refractivity contribution >= 4 is 23.4 Å². The van der Waals surface area contributed by atoms with Crippen molar-refractivity contribution in [1.82, 2.24) is 15.5 Å². The highest BCUT2D eigenvalue weighted by atomic mass is 19.4. The zero-order valence-corrected chi connectivity index (χ0v) is 17.4. The molecule has 32 heavy (non-hydrogen) atoms. The number of carbonyl (C=O) groups is 1. The van der Waals surface area contributed by atoms with Crippen LogP contribution in [0.1, 0.15) is 12.5 Å². The number of amides is 2. The van der Waals surface area contributed by atoms with E-state index in [9.17, 15) is 18.0 Å². The summed E-state index contributed by atoms with van der Waals surface area (Å²) in [6.07, 6.45) is -0.517. The smallest absolute Gasteiger partial charge is 0.378 e. The van der Waals surface area contributed by atoms with Crippen LogP contribution in [0, 0.1) is 0 Å². The first-order chi connectivity index (χ1) is 15.3. The number of amidine groups is 2. The lowest BCUT2D eigenvalue weighted by Crippen LogP contribution is -2.52. The first-order valence-electron chi connectivity index (χ1n) is 10.1. The van der Waals surface area contributed by atoms with E-state index in [1.54, 1.807) is 29.6 Å². The van der Waals surface area contributed by atoms with Crippen LogP contribution in [0.3, 0.4) is 0 Å². The van der Waals surface area contributed by atoms with E-state index >= 15 is 0 Å². The lowest BCUT2D eigenvalue weighted by molar-refractivity contribution is -0.122. The number of carbonyl (C=O) groups excluding carboxylic acids is 1. The van der Waals surface area contributed by atoms with Crippen LogP contribution in [0.5, 0.6) is 0 Å². The Morgan fingerprint density at radius 2 is 1.94 bits per heavy atom. The maximum Gasteiger partial charge on any atom is 0.405 e. The van der Waals surface area contributed by atoms with E-state index in [0.717, 1.165) is 35.8 Å². The van der Waals surface area contributed by atoms with E-state index < -0.39 is 18.8 Å². The van der Waals surface area contributed by atoms with Crippen molar-refractivity contribution in [3.8, 4) is 0 Å². The number of fused-ring (bicyclic) bond motifs is 1. The summed E-state index contributed by atoms with van der Waals surface area (Å²) in [5, 5.41) is 7.51. The molecule has 1 aromatic carbocycles. The van der Waals surface area contributed by atoms with Gasteiger partial charge in [0.1, 0.15) is 18.4 Å². The van der Waals surface area contributed by atoms with Gasteiger partial charge in [-0.25, -0.2) is 14.8 Å². The summed E-state index contributed by atoms with van der Waals surface area (Å²) in [7, 11) is 0. The van der Waals surface area contributed by atoms with Crippen molar-refractivity contribution in [2.75, 3.05) is 38.2 Å². The summed E-state index contributed by atoms with van der Waals surface area (Å²) >= 11 is 0. The van der Waals surface area contributed by atoms with Crippen molar-refractivity contribution in [1.29, 1.82) is 0 Å². The van der Waals surface area contributed by atoms with Gasteiger partial charge in [0.2, 0.25) is 0 Å². The molecule has 3 aliphatic rings. The SMILES string of the molecule is CC1=CNC2C(=C1)N=C(c1ccc(NC(=O)NCC(F)(F)F)cc1)N=C2N1CCOCC1. The van der Waals surface area contributed by atoms with Gasteiger partial charge in [-0.2, -0.15) is 13.2 Å².